The van der Waals surface area contributed by atoms with Crippen molar-refractivity contribution in [1.82, 2.24) is 0 Å². The summed E-state index contributed by atoms with van der Waals surface area (Å²) < 4.78 is 5.79. The molecule has 1 unspecified atom stereocenters. The van der Waals surface area contributed by atoms with Gasteiger partial charge in [-0.05, 0) is 55.7 Å². The first-order valence-corrected chi connectivity index (χ1v) is 7.61. The third kappa shape index (κ3) is 3.54. The van der Waals surface area contributed by atoms with Gasteiger partial charge >= 0.3 is 0 Å². The van der Waals surface area contributed by atoms with Crippen molar-refractivity contribution >= 4 is 11.8 Å². The number of rotatable bonds is 4. The fourth-order valence-corrected chi connectivity index (χ4v) is 3.39. The van der Waals surface area contributed by atoms with Crippen LogP contribution in [0.3, 0.4) is 0 Å². The van der Waals surface area contributed by atoms with Gasteiger partial charge in [0.2, 0.25) is 0 Å². The summed E-state index contributed by atoms with van der Waals surface area (Å²) in [5.41, 5.74) is 0. The molecule has 3 rings (SSSR count). The zero-order valence-corrected chi connectivity index (χ0v) is 11.6. The normalized spacial score (nSPS) is 15.6. The van der Waals surface area contributed by atoms with Crippen LogP contribution >= 0.6 is 11.8 Å². The third-order valence-corrected chi connectivity index (χ3v) is 4.49. The van der Waals surface area contributed by atoms with Crippen LogP contribution < -0.4 is 4.74 Å². The van der Waals surface area contributed by atoms with Crippen LogP contribution in [0.1, 0.15) is 19.3 Å². The van der Waals surface area contributed by atoms with E-state index in [2.05, 4.69) is 18.6 Å². The van der Waals surface area contributed by atoms with E-state index in [9.17, 15) is 0 Å². The summed E-state index contributed by atoms with van der Waals surface area (Å²) >= 11 is 1.96. The van der Waals surface area contributed by atoms with Crippen LogP contribution in [0, 0.1) is 6.42 Å². The average molecular weight is 269 g/mol. The summed E-state index contributed by atoms with van der Waals surface area (Å²) in [7, 11) is 0. The van der Waals surface area contributed by atoms with Gasteiger partial charge in [-0.25, -0.2) is 0 Å². The Bertz CT molecular complexity index is 501. The summed E-state index contributed by atoms with van der Waals surface area (Å²) in [5.74, 6) is 1.78. The van der Waals surface area contributed by atoms with Crippen LogP contribution in [0.5, 0.6) is 11.5 Å². The van der Waals surface area contributed by atoms with Gasteiger partial charge in [0.1, 0.15) is 11.5 Å². The summed E-state index contributed by atoms with van der Waals surface area (Å²) in [6.45, 7) is 0. The van der Waals surface area contributed by atoms with Gasteiger partial charge in [-0.3, -0.25) is 0 Å². The van der Waals surface area contributed by atoms with Gasteiger partial charge in [-0.15, -0.1) is 11.8 Å². The standard InChI is InChI=1S/C17H17OS/c1-2-6-14(7-3-1)18-15-10-12-17(13-11-15)19-16-8-4-5-9-16/h1-3,6-8,10-13,16H,4-5,9H2. The number of para-hydroxylation sites is 1. The van der Waals surface area contributed by atoms with E-state index in [0.29, 0.717) is 5.25 Å². The molecule has 2 aromatic rings. The Morgan fingerprint density at radius 1 is 0.895 bits per heavy atom. The molecular weight excluding hydrogens is 252 g/mol. The smallest absolute Gasteiger partial charge is 0.127 e. The first-order chi connectivity index (χ1) is 9.40. The molecule has 1 saturated carbocycles. The fraction of sp³-hybridized carbons (Fsp3) is 0.235. The lowest BCUT2D eigenvalue weighted by Gasteiger charge is -2.09. The fourth-order valence-electron chi connectivity index (χ4n) is 2.23. The molecule has 1 radical (unpaired) electrons. The largest absolute Gasteiger partial charge is 0.457 e. The molecule has 0 saturated heterocycles. The van der Waals surface area contributed by atoms with Gasteiger partial charge in [0.15, 0.2) is 0 Å². The van der Waals surface area contributed by atoms with E-state index >= 15 is 0 Å². The van der Waals surface area contributed by atoms with E-state index < -0.39 is 0 Å². The molecule has 0 aliphatic heterocycles. The number of ether oxygens (including phenoxy) is 1. The van der Waals surface area contributed by atoms with E-state index in [4.69, 9.17) is 4.74 Å². The molecule has 0 N–H and O–H groups in total. The quantitative estimate of drug-likeness (QED) is 0.742. The molecule has 0 amide bonds. The maximum atomic E-state index is 5.79. The van der Waals surface area contributed by atoms with Gasteiger partial charge in [0.25, 0.3) is 0 Å². The van der Waals surface area contributed by atoms with Crippen molar-refractivity contribution in [1.29, 1.82) is 0 Å². The lowest BCUT2D eigenvalue weighted by Crippen LogP contribution is -1.93. The van der Waals surface area contributed by atoms with E-state index in [1.165, 1.54) is 24.2 Å². The van der Waals surface area contributed by atoms with E-state index in [-0.39, 0.29) is 0 Å². The molecule has 0 bridgehead atoms. The minimum Gasteiger partial charge on any atom is -0.457 e. The van der Waals surface area contributed by atoms with Gasteiger partial charge in [-0.1, -0.05) is 24.6 Å². The highest BCUT2D eigenvalue weighted by Crippen LogP contribution is 2.34. The monoisotopic (exact) mass is 269 g/mol. The van der Waals surface area contributed by atoms with Crippen molar-refractivity contribution in [2.45, 2.75) is 29.4 Å². The Balaban J connectivity index is 1.62. The minimum atomic E-state index is 0.695. The summed E-state index contributed by atoms with van der Waals surface area (Å²) in [6, 6.07) is 18.3. The molecule has 2 aromatic carbocycles. The zero-order chi connectivity index (χ0) is 12.9. The number of thioether (sulfide) groups is 1. The second-order valence-corrected chi connectivity index (χ2v) is 6.02. The Morgan fingerprint density at radius 2 is 1.63 bits per heavy atom. The van der Waals surface area contributed by atoms with Crippen molar-refractivity contribution in [3.05, 3.63) is 61.0 Å². The maximum absolute atomic E-state index is 5.79. The van der Waals surface area contributed by atoms with Gasteiger partial charge < -0.3 is 4.74 Å². The molecule has 19 heavy (non-hydrogen) atoms. The zero-order valence-electron chi connectivity index (χ0n) is 10.8. The van der Waals surface area contributed by atoms with Crippen LogP contribution in [0.2, 0.25) is 0 Å². The van der Waals surface area contributed by atoms with E-state index in [0.717, 1.165) is 11.5 Å². The van der Waals surface area contributed by atoms with Crippen molar-refractivity contribution in [2.75, 3.05) is 0 Å². The minimum absolute atomic E-state index is 0.695. The Hall–Kier alpha value is -1.41. The van der Waals surface area contributed by atoms with E-state index in [1.54, 1.807) is 0 Å². The van der Waals surface area contributed by atoms with Crippen molar-refractivity contribution in [2.24, 2.45) is 0 Å². The number of hydrogen-bond donors (Lipinski definition) is 0. The lowest BCUT2D eigenvalue weighted by atomic mass is 10.3. The molecule has 0 heterocycles. The van der Waals surface area contributed by atoms with Crippen LogP contribution in [0.4, 0.5) is 0 Å². The molecule has 0 spiro atoms. The second kappa shape index (κ2) is 6.16. The Kier molecular flexibility index (Phi) is 4.09. The van der Waals surface area contributed by atoms with Gasteiger partial charge in [0, 0.05) is 10.1 Å². The molecule has 1 aliphatic rings. The average Bonchev–Trinajstić information content (AvgIpc) is 2.95. The number of hydrogen-bond acceptors (Lipinski definition) is 2. The van der Waals surface area contributed by atoms with Crippen LogP contribution in [0.15, 0.2) is 59.5 Å². The SMILES string of the molecule is [CH]1CCCC1Sc1ccc(Oc2ccccc2)cc1. The molecule has 1 fully saturated rings. The van der Waals surface area contributed by atoms with Crippen molar-refractivity contribution in [3.63, 3.8) is 0 Å². The highest BCUT2D eigenvalue weighted by molar-refractivity contribution is 8.00. The maximum Gasteiger partial charge on any atom is 0.127 e. The molecular formula is C17H17OS. The summed E-state index contributed by atoms with van der Waals surface area (Å²) in [6.07, 6.45) is 6.35. The first kappa shape index (κ1) is 12.6. The third-order valence-electron chi connectivity index (χ3n) is 3.21. The van der Waals surface area contributed by atoms with E-state index in [1.807, 2.05) is 54.2 Å². The highest BCUT2D eigenvalue weighted by Gasteiger charge is 2.16. The topological polar surface area (TPSA) is 9.23 Å². The van der Waals surface area contributed by atoms with Crippen molar-refractivity contribution < 1.29 is 4.74 Å². The Morgan fingerprint density at radius 3 is 2.32 bits per heavy atom. The second-order valence-electron chi connectivity index (χ2n) is 4.71. The molecule has 0 aromatic heterocycles. The van der Waals surface area contributed by atoms with Crippen LogP contribution in [-0.2, 0) is 0 Å². The molecule has 1 atom stereocenters. The van der Waals surface area contributed by atoms with Crippen LogP contribution in [-0.4, -0.2) is 5.25 Å². The molecule has 1 aliphatic carbocycles. The van der Waals surface area contributed by atoms with Crippen LogP contribution in [0.25, 0.3) is 0 Å². The van der Waals surface area contributed by atoms with Gasteiger partial charge in [-0.2, -0.15) is 0 Å². The predicted octanol–water partition coefficient (Wildman–Crippen LogP) is 5.33. The number of benzene rings is 2. The van der Waals surface area contributed by atoms with Crippen molar-refractivity contribution in [3.8, 4) is 11.5 Å². The first-order valence-electron chi connectivity index (χ1n) is 6.73. The molecule has 97 valence electrons. The molecule has 2 heteroatoms. The summed E-state index contributed by atoms with van der Waals surface area (Å²) in [4.78, 5) is 1.32. The predicted molar refractivity (Wildman–Crippen MR) is 80.8 cm³/mol. The lowest BCUT2D eigenvalue weighted by molar-refractivity contribution is 0.482. The highest BCUT2D eigenvalue weighted by atomic mass is 32.2. The van der Waals surface area contributed by atoms with Gasteiger partial charge in [0.05, 0.1) is 0 Å². The summed E-state index contributed by atoms with van der Waals surface area (Å²) in [5, 5.41) is 0.695. The Labute approximate surface area is 119 Å². The molecule has 1 nitrogen and oxygen atoms in total.